The van der Waals surface area contributed by atoms with Gasteiger partial charge in [-0.1, -0.05) is 6.07 Å². The lowest BCUT2D eigenvalue weighted by Gasteiger charge is -2.16. The monoisotopic (exact) mass is 352 g/mol. The third-order valence-electron chi connectivity index (χ3n) is 3.73. The van der Waals surface area contributed by atoms with E-state index in [1.807, 2.05) is 0 Å². The van der Waals surface area contributed by atoms with E-state index < -0.39 is 11.0 Å². The van der Waals surface area contributed by atoms with Gasteiger partial charge in [-0.2, -0.15) is 4.28 Å². The first kappa shape index (κ1) is 16.0. The van der Waals surface area contributed by atoms with Crippen molar-refractivity contribution >= 4 is 33.9 Å². The second-order valence-corrected chi connectivity index (χ2v) is 6.91. The molecule has 1 amide bonds. The van der Waals surface area contributed by atoms with Crippen LogP contribution in [0.4, 0.5) is 5.69 Å². The summed E-state index contributed by atoms with van der Waals surface area (Å²) in [6, 6.07) is 8.85. The molecule has 1 aliphatic carbocycles. The molecule has 1 unspecified atom stereocenters. The Bertz CT molecular complexity index is 772. The number of rotatable bonds is 5. The number of benzene rings is 1. The van der Waals surface area contributed by atoms with Crippen molar-refractivity contribution in [3.63, 3.8) is 0 Å². The second kappa shape index (κ2) is 6.69. The number of thiophene rings is 1. The summed E-state index contributed by atoms with van der Waals surface area (Å²) in [6.07, 6.45) is 1.71. The van der Waals surface area contributed by atoms with Crippen LogP contribution in [0.25, 0.3) is 0 Å². The van der Waals surface area contributed by atoms with Crippen molar-refractivity contribution in [3.05, 3.63) is 51.7 Å². The van der Waals surface area contributed by atoms with Crippen molar-refractivity contribution in [2.24, 2.45) is 0 Å². The molecular weight excluding hydrogens is 336 g/mol. The van der Waals surface area contributed by atoms with Gasteiger partial charge in [-0.25, -0.2) is 13.5 Å². The average Bonchev–Trinajstić information content (AvgIpc) is 3.07. The van der Waals surface area contributed by atoms with Gasteiger partial charge in [-0.05, 0) is 41.6 Å². The molecule has 3 rings (SSSR count). The minimum absolute atomic E-state index is 0.110. The van der Waals surface area contributed by atoms with Crippen molar-refractivity contribution < 1.29 is 17.5 Å². The number of fused-ring (bicyclic) bond motifs is 1. The highest BCUT2D eigenvalue weighted by Gasteiger charge is 2.24. The third kappa shape index (κ3) is 3.72. The standard InChI is InChI=1S/C15H16N2O4S2/c1-17(21-23(19)20)13-4-2-3-11(8-13)15(18)16-12-7-10-5-6-22-14(10)9-12/h2-6,8,12,23H,7,9H2,1H3,(H,16,18). The summed E-state index contributed by atoms with van der Waals surface area (Å²) in [6.45, 7) is 0. The van der Waals surface area contributed by atoms with Crippen LogP contribution in [-0.4, -0.2) is 27.4 Å². The van der Waals surface area contributed by atoms with Crippen LogP contribution in [0.5, 0.6) is 0 Å². The van der Waals surface area contributed by atoms with Gasteiger partial charge in [-0.3, -0.25) is 4.79 Å². The predicted octanol–water partition coefficient (Wildman–Crippen LogP) is 1.54. The van der Waals surface area contributed by atoms with Gasteiger partial charge in [0.1, 0.15) is 0 Å². The summed E-state index contributed by atoms with van der Waals surface area (Å²) in [5, 5.41) is 6.20. The Hall–Kier alpha value is -1.90. The van der Waals surface area contributed by atoms with E-state index >= 15 is 0 Å². The first-order chi connectivity index (χ1) is 11.0. The summed E-state index contributed by atoms with van der Waals surface area (Å²) in [7, 11) is -1.52. The van der Waals surface area contributed by atoms with E-state index in [2.05, 4.69) is 21.0 Å². The number of carbonyl (C=O) groups excluding carboxylic acids is 1. The highest BCUT2D eigenvalue weighted by atomic mass is 32.2. The lowest BCUT2D eigenvalue weighted by molar-refractivity contribution is 0.0938. The normalized spacial score (nSPS) is 16.3. The first-order valence-electron chi connectivity index (χ1n) is 7.05. The van der Waals surface area contributed by atoms with E-state index in [9.17, 15) is 13.2 Å². The molecule has 1 N–H and O–H groups in total. The lowest BCUT2D eigenvalue weighted by atomic mass is 10.1. The number of thiol groups is 1. The summed E-state index contributed by atoms with van der Waals surface area (Å²) in [5.41, 5.74) is 2.26. The predicted molar refractivity (Wildman–Crippen MR) is 89.2 cm³/mol. The maximum absolute atomic E-state index is 12.4. The molecule has 23 heavy (non-hydrogen) atoms. The van der Waals surface area contributed by atoms with E-state index in [4.69, 9.17) is 0 Å². The number of nitrogens with zero attached hydrogens (tertiary/aromatic N) is 1. The number of amides is 1. The second-order valence-electron chi connectivity index (χ2n) is 5.30. The molecule has 6 nitrogen and oxygen atoms in total. The molecule has 8 heteroatoms. The van der Waals surface area contributed by atoms with Crippen LogP contribution in [0.2, 0.25) is 0 Å². The maximum Gasteiger partial charge on any atom is 0.277 e. The van der Waals surface area contributed by atoms with Crippen molar-refractivity contribution in [2.45, 2.75) is 18.9 Å². The molecule has 0 bridgehead atoms. The molecule has 1 atom stereocenters. The van der Waals surface area contributed by atoms with Crippen molar-refractivity contribution in [1.82, 2.24) is 5.32 Å². The van der Waals surface area contributed by atoms with Crippen LogP contribution in [0, 0.1) is 0 Å². The number of hydrogen-bond donors (Lipinski definition) is 2. The topological polar surface area (TPSA) is 75.7 Å². The quantitative estimate of drug-likeness (QED) is 0.631. The number of anilines is 1. The van der Waals surface area contributed by atoms with Crippen LogP contribution in [0.15, 0.2) is 35.7 Å². The fourth-order valence-corrected chi connectivity index (χ4v) is 3.94. The molecule has 0 aliphatic heterocycles. The zero-order valence-electron chi connectivity index (χ0n) is 12.4. The van der Waals surface area contributed by atoms with E-state index in [0.717, 1.165) is 17.9 Å². The number of carbonyl (C=O) groups is 1. The minimum Gasteiger partial charge on any atom is -0.349 e. The summed E-state index contributed by atoms with van der Waals surface area (Å²) < 4.78 is 25.8. The van der Waals surface area contributed by atoms with Crippen molar-refractivity contribution in [2.75, 3.05) is 12.1 Å². The zero-order valence-corrected chi connectivity index (χ0v) is 14.1. The maximum atomic E-state index is 12.4. The smallest absolute Gasteiger partial charge is 0.277 e. The summed E-state index contributed by atoms with van der Waals surface area (Å²) >= 11 is 1.72. The highest BCUT2D eigenvalue weighted by Crippen LogP contribution is 2.27. The van der Waals surface area contributed by atoms with E-state index in [-0.39, 0.29) is 11.9 Å². The number of hydrogen-bond acceptors (Lipinski definition) is 6. The van der Waals surface area contributed by atoms with Gasteiger partial charge < -0.3 is 5.32 Å². The van der Waals surface area contributed by atoms with Crippen molar-refractivity contribution in [1.29, 1.82) is 0 Å². The van der Waals surface area contributed by atoms with Crippen LogP contribution < -0.4 is 10.4 Å². The molecule has 0 radical (unpaired) electrons. The van der Waals surface area contributed by atoms with Gasteiger partial charge >= 0.3 is 0 Å². The molecule has 2 aromatic rings. The highest BCUT2D eigenvalue weighted by molar-refractivity contribution is 7.67. The fraction of sp³-hybridized carbons (Fsp3) is 0.267. The van der Waals surface area contributed by atoms with Gasteiger partial charge in [0.15, 0.2) is 0 Å². The molecule has 0 fully saturated rings. The fourth-order valence-electron chi connectivity index (χ4n) is 2.65. The molecule has 1 aromatic heterocycles. The van der Waals surface area contributed by atoms with Crippen LogP contribution in [-0.2, 0) is 28.1 Å². The third-order valence-corrected chi connectivity index (χ3v) is 5.10. The van der Waals surface area contributed by atoms with Gasteiger partial charge in [-0.15, -0.1) is 11.3 Å². The van der Waals surface area contributed by atoms with Crippen LogP contribution >= 0.6 is 11.3 Å². The summed E-state index contributed by atoms with van der Waals surface area (Å²) in [4.78, 5) is 13.7. The average molecular weight is 352 g/mol. The van der Waals surface area contributed by atoms with Gasteiger partial charge in [0.05, 0.1) is 5.69 Å². The van der Waals surface area contributed by atoms with Crippen LogP contribution in [0.1, 0.15) is 20.8 Å². The SMILES string of the molecule is CN(O[SH](=O)=O)c1cccc(C(=O)NC2Cc3ccsc3C2)c1. The molecule has 0 saturated carbocycles. The first-order valence-corrected chi connectivity index (χ1v) is 9.03. The van der Waals surface area contributed by atoms with Gasteiger partial charge in [0, 0.05) is 30.0 Å². The van der Waals surface area contributed by atoms with E-state index in [0.29, 0.717) is 11.3 Å². The molecule has 1 heterocycles. The zero-order chi connectivity index (χ0) is 16.4. The van der Waals surface area contributed by atoms with Gasteiger partial charge in [0.25, 0.3) is 16.9 Å². The van der Waals surface area contributed by atoms with Crippen molar-refractivity contribution in [3.8, 4) is 0 Å². The number of hydroxylamine groups is 1. The molecule has 0 spiro atoms. The lowest BCUT2D eigenvalue weighted by Crippen LogP contribution is -2.35. The Morgan fingerprint density at radius 2 is 2.17 bits per heavy atom. The Morgan fingerprint density at radius 1 is 1.35 bits per heavy atom. The Balaban J connectivity index is 1.67. The number of nitrogens with one attached hydrogen (secondary N) is 1. The van der Waals surface area contributed by atoms with Crippen LogP contribution in [0.3, 0.4) is 0 Å². The Labute approximate surface area is 139 Å². The molecule has 1 aliphatic rings. The molecule has 122 valence electrons. The van der Waals surface area contributed by atoms with Gasteiger partial charge in [0.2, 0.25) is 0 Å². The van der Waals surface area contributed by atoms with E-state index in [1.54, 1.807) is 35.6 Å². The Kier molecular flexibility index (Phi) is 4.65. The van der Waals surface area contributed by atoms with E-state index in [1.165, 1.54) is 17.5 Å². The minimum atomic E-state index is -2.99. The molecule has 1 aromatic carbocycles. The largest absolute Gasteiger partial charge is 0.349 e. The Morgan fingerprint density at radius 3 is 2.91 bits per heavy atom. The molecular formula is C15H16N2O4S2. The summed E-state index contributed by atoms with van der Waals surface area (Å²) in [5.74, 6) is -0.174. The molecule has 0 saturated heterocycles.